The number of amides is 2. The van der Waals surface area contributed by atoms with E-state index >= 15 is 0 Å². The molecule has 2 heterocycles. The first-order chi connectivity index (χ1) is 15.7. The molecule has 4 aromatic carbocycles. The van der Waals surface area contributed by atoms with Gasteiger partial charge in [0.15, 0.2) is 0 Å². The molecule has 0 radical (unpaired) electrons. The van der Waals surface area contributed by atoms with Gasteiger partial charge < -0.3 is 14.6 Å². The van der Waals surface area contributed by atoms with E-state index in [0.717, 1.165) is 38.4 Å². The normalized spacial score (nSPS) is 16.3. The zero-order valence-electron chi connectivity index (χ0n) is 17.2. The number of nitrogens with zero attached hydrogens (tertiary/aromatic N) is 1. The van der Waals surface area contributed by atoms with Crippen LogP contribution in [0.2, 0.25) is 0 Å². The third-order valence-corrected chi connectivity index (χ3v) is 6.20. The highest BCUT2D eigenvalue weighted by atomic mass is 16.3. The molecule has 1 aliphatic rings. The van der Waals surface area contributed by atoms with Crippen molar-refractivity contribution in [2.75, 3.05) is 16.8 Å². The molecule has 5 nitrogen and oxygen atoms in total. The standard InChI is InChI=1S/C27H20N2O3/c30-26-14-18(16-29(26)23-10-5-7-17-6-1-2-8-20(17)23)27(31)28-19-12-13-22-21-9-3-4-11-24(21)32-25(22)15-19/h1-13,15,18H,14,16H2,(H,28,31)/t18-/m1/s1. The molecule has 0 spiro atoms. The second kappa shape index (κ2) is 7.24. The Hall–Kier alpha value is -4.12. The minimum absolute atomic E-state index is 0.0331. The predicted octanol–water partition coefficient (Wildman–Crippen LogP) is 5.73. The highest BCUT2D eigenvalue weighted by Gasteiger charge is 2.35. The summed E-state index contributed by atoms with van der Waals surface area (Å²) < 4.78 is 5.92. The minimum atomic E-state index is -0.409. The van der Waals surface area contributed by atoms with Crippen LogP contribution in [0.3, 0.4) is 0 Å². The lowest BCUT2D eigenvalue weighted by atomic mass is 10.1. The monoisotopic (exact) mass is 420 g/mol. The van der Waals surface area contributed by atoms with E-state index in [1.165, 1.54) is 0 Å². The van der Waals surface area contributed by atoms with Crippen LogP contribution in [-0.2, 0) is 9.59 Å². The molecular formula is C27H20N2O3. The molecule has 32 heavy (non-hydrogen) atoms. The summed E-state index contributed by atoms with van der Waals surface area (Å²) in [7, 11) is 0. The molecule has 1 aliphatic heterocycles. The van der Waals surface area contributed by atoms with Crippen LogP contribution in [0.5, 0.6) is 0 Å². The first-order valence-electron chi connectivity index (χ1n) is 10.7. The number of hydrogen-bond donors (Lipinski definition) is 1. The van der Waals surface area contributed by atoms with Gasteiger partial charge in [-0.25, -0.2) is 0 Å². The number of furan rings is 1. The van der Waals surface area contributed by atoms with Crippen molar-refractivity contribution in [3.05, 3.63) is 84.9 Å². The van der Waals surface area contributed by atoms with Gasteiger partial charge in [0.1, 0.15) is 11.2 Å². The van der Waals surface area contributed by atoms with Gasteiger partial charge in [-0.2, -0.15) is 0 Å². The topological polar surface area (TPSA) is 62.6 Å². The number of hydrogen-bond acceptors (Lipinski definition) is 3. The molecule has 1 saturated heterocycles. The second-order valence-corrected chi connectivity index (χ2v) is 8.20. The molecule has 2 amide bonds. The van der Waals surface area contributed by atoms with Crippen LogP contribution in [0.15, 0.2) is 89.3 Å². The van der Waals surface area contributed by atoms with E-state index in [1.807, 2.05) is 84.9 Å². The summed E-state index contributed by atoms with van der Waals surface area (Å²) in [6, 6.07) is 27.4. The van der Waals surface area contributed by atoms with E-state index in [9.17, 15) is 9.59 Å². The third-order valence-electron chi connectivity index (χ3n) is 6.20. The Labute approximate surface area is 184 Å². The first kappa shape index (κ1) is 18.6. The van der Waals surface area contributed by atoms with Crippen LogP contribution in [0.1, 0.15) is 6.42 Å². The Morgan fingerprint density at radius 1 is 0.844 bits per heavy atom. The Bertz CT molecular complexity index is 1510. The Balaban J connectivity index is 1.24. The molecule has 1 N–H and O–H groups in total. The van der Waals surface area contributed by atoms with Gasteiger partial charge in [0.2, 0.25) is 11.8 Å². The van der Waals surface area contributed by atoms with E-state index < -0.39 is 5.92 Å². The summed E-state index contributed by atoms with van der Waals surface area (Å²) in [5, 5.41) is 7.12. The van der Waals surface area contributed by atoms with Crippen LogP contribution in [0, 0.1) is 5.92 Å². The second-order valence-electron chi connectivity index (χ2n) is 8.20. The highest BCUT2D eigenvalue weighted by molar-refractivity contribution is 6.09. The predicted molar refractivity (Wildman–Crippen MR) is 127 cm³/mol. The Morgan fingerprint density at radius 3 is 2.50 bits per heavy atom. The molecule has 0 unspecified atom stereocenters. The maximum atomic E-state index is 13.0. The van der Waals surface area contributed by atoms with Crippen LogP contribution < -0.4 is 10.2 Å². The van der Waals surface area contributed by atoms with E-state index in [2.05, 4.69) is 5.32 Å². The highest BCUT2D eigenvalue weighted by Crippen LogP contribution is 2.33. The SMILES string of the molecule is O=C(Nc1ccc2c(c1)oc1ccccc12)[C@@H]1CC(=O)N(c2cccc3ccccc23)C1. The molecule has 0 aliphatic carbocycles. The van der Waals surface area contributed by atoms with Crippen LogP contribution in [0.4, 0.5) is 11.4 Å². The molecule has 1 aromatic heterocycles. The average Bonchev–Trinajstić information content (AvgIpc) is 3.38. The average molecular weight is 420 g/mol. The van der Waals surface area contributed by atoms with Gasteiger partial charge >= 0.3 is 0 Å². The van der Waals surface area contributed by atoms with E-state index in [0.29, 0.717) is 12.2 Å². The summed E-state index contributed by atoms with van der Waals surface area (Å²) in [4.78, 5) is 27.5. The zero-order chi connectivity index (χ0) is 21.7. The van der Waals surface area contributed by atoms with Gasteiger partial charge in [-0.3, -0.25) is 9.59 Å². The van der Waals surface area contributed by atoms with E-state index in [4.69, 9.17) is 4.42 Å². The number of anilines is 2. The fourth-order valence-electron chi connectivity index (χ4n) is 4.61. The van der Waals surface area contributed by atoms with Crippen molar-refractivity contribution in [1.29, 1.82) is 0 Å². The molecule has 5 heteroatoms. The van der Waals surface area contributed by atoms with Crippen molar-refractivity contribution in [2.24, 2.45) is 5.92 Å². The number of rotatable bonds is 3. The van der Waals surface area contributed by atoms with E-state index in [-0.39, 0.29) is 18.2 Å². The van der Waals surface area contributed by atoms with Crippen molar-refractivity contribution in [1.82, 2.24) is 0 Å². The summed E-state index contributed by atoms with van der Waals surface area (Å²) in [5.41, 5.74) is 3.06. The van der Waals surface area contributed by atoms with Gasteiger partial charge in [0.25, 0.3) is 0 Å². The van der Waals surface area contributed by atoms with Gasteiger partial charge in [-0.15, -0.1) is 0 Å². The number of carbonyl (C=O) groups excluding carboxylic acids is 2. The summed E-state index contributed by atoms with van der Waals surface area (Å²) >= 11 is 0. The van der Waals surface area contributed by atoms with Crippen molar-refractivity contribution in [2.45, 2.75) is 6.42 Å². The summed E-state index contributed by atoms with van der Waals surface area (Å²) in [6.45, 7) is 0.367. The van der Waals surface area contributed by atoms with Crippen molar-refractivity contribution >= 4 is 55.9 Å². The lowest BCUT2D eigenvalue weighted by molar-refractivity contribution is -0.122. The summed E-state index contributed by atoms with van der Waals surface area (Å²) in [6.07, 6.45) is 0.196. The molecular weight excluding hydrogens is 400 g/mol. The largest absolute Gasteiger partial charge is 0.456 e. The fourth-order valence-corrected chi connectivity index (χ4v) is 4.61. The summed E-state index contributed by atoms with van der Waals surface area (Å²) in [5.74, 6) is -0.598. The number of carbonyl (C=O) groups is 2. The number of nitrogens with one attached hydrogen (secondary N) is 1. The van der Waals surface area contributed by atoms with Crippen LogP contribution in [0.25, 0.3) is 32.7 Å². The number of fused-ring (bicyclic) bond motifs is 4. The van der Waals surface area contributed by atoms with Crippen molar-refractivity contribution in [3.63, 3.8) is 0 Å². The Kier molecular flexibility index (Phi) is 4.21. The molecule has 156 valence electrons. The molecule has 1 atom stereocenters. The lowest BCUT2D eigenvalue weighted by Gasteiger charge is -2.19. The quantitative estimate of drug-likeness (QED) is 0.405. The smallest absolute Gasteiger partial charge is 0.229 e. The molecule has 5 aromatic rings. The number of para-hydroxylation sites is 1. The van der Waals surface area contributed by atoms with Crippen molar-refractivity contribution in [3.8, 4) is 0 Å². The van der Waals surface area contributed by atoms with Crippen LogP contribution >= 0.6 is 0 Å². The van der Waals surface area contributed by atoms with Gasteiger partial charge in [-0.1, -0.05) is 54.6 Å². The zero-order valence-corrected chi connectivity index (χ0v) is 17.2. The third kappa shape index (κ3) is 3.02. The van der Waals surface area contributed by atoms with Gasteiger partial charge in [-0.05, 0) is 29.7 Å². The van der Waals surface area contributed by atoms with E-state index in [1.54, 1.807) is 4.90 Å². The number of benzene rings is 4. The van der Waals surface area contributed by atoms with Gasteiger partial charge in [0.05, 0.1) is 11.6 Å². The molecule has 1 fully saturated rings. The molecule has 0 bridgehead atoms. The van der Waals surface area contributed by atoms with Gasteiger partial charge in [0, 0.05) is 40.9 Å². The fraction of sp³-hybridized carbons (Fsp3) is 0.111. The van der Waals surface area contributed by atoms with Crippen LogP contribution in [-0.4, -0.2) is 18.4 Å². The maximum Gasteiger partial charge on any atom is 0.229 e. The molecule has 0 saturated carbocycles. The first-order valence-corrected chi connectivity index (χ1v) is 10.7. The maximum absolute atomic E-state index is 13.0. The minimum Gasteiger partial charge on any atom is -0.456 e. The Morgan fingerprint density at radius 2 is 1.59 bits per heavy atom. The molecule has 6 rings (SSSR count). The lowest BCUT2D eigenvalue weighted by Crippen LogP contribution is -2.28. The van der Waals surface area contributed by atoms with Crippen molar-refractivity contribution < 1.29 is 14.0 Å².